The van der Waals surface area contributed by atoms with Gasteiger partial charge in [-0.25, -0.2) is 16.8 Å². The molecule has 2 atom stereocenters. The molecule has 6 nitrogen and oxygen atoms in total. The Bertz CT molecular complexity index is 1310. The summed E-state index contributed by atoms with van der Waals surface area (Å²) in [6.45, 7) is 1.02. The third kappa shape index (κ3) is 5.08. The lowest BCUT2D eigenvalue weighted by atomic mass is 9.94. The van der Waals surface area contributed by atoms with E-state index in [9.17, 15) is 43.2 Å². The minimum Gasteiger partial charge on any atom is -0.372 e. The number of sulfone groups is 2. The molecule has 1 aliphatic rings. The molecule has 0 saturated carbocycles. The van der Waals surface area contributed by atoms with Gasteiger partial charge >= 0.3 is 12.4 Å². The van der Waals surface area contributed by atoms with Crippen molar-refractivity contribution in [1.29, 1.82) is 0 Å². The van der Waals surface area contributed by atoms with Crippen LogP contribution in [0.25, 0.3) is 0 Å². The summed E-state index contributed by atoms with van der Waals surface area (Å²) in [7, 11) is -8.63. The van der Waals surface area contributed by atoms with Crippen LogP contribution in [0.15, 0.2) is 46.3 Å². The first kappa shape index (κ1) is 26.4. The van der Waals surface area contributed by atoms with Gasteiger partial charge in [-0.05, 0) is 44.0 Å². The Morgan fingerprint density at radius 1 is 1.00 bits per heavy atom. The van der Waals surface area contributed by atoms with Gasteiger partial charge in [-0.3, -0.25) is 4.98 Å². The van der Waals surface area contributed by atoms with E-state index in [2.05, 4.69) is 4.98 Å². The lowest BCUT2D eigenvalue weighted by Gasteiger charge is -2.38. The van der Waals surface area contributed by atoms with E-state index in [0.29, 0.717) is 24.6 Å². The maximum atomic E-state index is 13.3. The highest BCUT2D eigenvalue weighted by atomic mass is 32.2. The third-order valence-corrected chi connectivity index (χ3v) is 9.27. The number of aromatic nitrogens is 1. The van der Waals surface area contributed by atoms with Gasteiger partial charge in [0.2, 0.25) is 0 Å². The Morgan fingerprint density at radius 3 is 2.18 bits per heavy atom. The van der Waals surface area contributed by atoms with E-state index >= 15 is 0 Å². The van der Waals surface area contributed by atoms with Crippen LogP contribution in [0.1, 0.15) is 42.7 Å². The number of benzene rings is 1. The van der Waals surface area contributed by atoms with Crippen LogP contribution in [0.3, 0.4) is 0 Å². The zero-order valence-corrected chi connectivity index (χ0v) is 19.4. The van der Waals surface area contributed by atoms with Crippen LogP contribution in [0.5, 0.6) is 0 Å². The zero-order chi connectivity index (χ0) is 25.7. The van der Waals surface area contributed by atoms with Crippen LogP contribution in [-0.2, 0) is 36.8 Å². The van der Waals surface area contributed by atoms with Gasteiger partial charge in [-0.2, -0.15) is 26.3 Å². The summed E-state index contributed by atoms with van der Waals surface area (Å²) in [5, 5.41) is 0. The van der Waals surface area contributed by atoms with Crippen LogP contribution < -0.4 is 0 Å². The molecule has 1 aliphatic heterocycles. The minimum atomic E-state index is -4.88. The van der Waals surface area contributed by atoms with Gasteiger partial charge in [-0.1, -0.05) is 6.07 Å². The van der Waals surface area contributed by atoms with E-state index in [-0.39, 0.29) is 13.0 Å². The first-order chi connectivity index (χ1) is 15.4. The highest BCUT2D eigenvalue weighted by Crippen LogP contribution is 2.44. The number of nitrogens with zero attached hydrogens (tertiary/aromatic N) is 1. The maximum Gasteiger partial charge on any atom is 0.417 e. The molecule has 188 valence electrons. The quantitative estimate of drug-likeness (QED) is 0.536. The minimum absolute atomic E-state index is 0.142. The standard InChI is InChI=1S/C20H19F6NO5S2/c1-18(34(30,31)14-5-3-4-12(8-14)19(21,22)23)6-7-32-15(10-18)17-16(33(2,28)29)9-13(11-27-17)20(24,25)26/h3-5,8-9,11,15H,6-7,10H2,1-2H3. The SMILES string of the molecule is CC1(S(=O)(=O)c2cccc(C(F)(F)F)c2)CCOC(c2ncc(C(F)(F)F)cc2S(C)(=O)=O)C1. The Balaban J connectivity index is 2.06. The molecular weight excluding hydrogens is 512 g/mol. The molecule has 0 radical (unpaired) electrons. The first-order valence-electron chi connectivity index (χ1n) is 9.67. The molecule has 3 rings (SSSR count). The van der Waals surface area contributed by atoms with Crippen molar-refractivity contribution in [3.63, 3.8) is 0 Å². The van der Waals surface area contributed by atoms with Crippen molar-refractivity contribution in [2.24, 2.45) is 0 Å². The van der Waals surface area contributed by atoms with Crippen molar-refractivity contribution in [3.05, 3.63) is 53.3 Å². The Hall–Kier alpha value is -2.19. The van der Waals surface area contributed by atoms with Crippen molar-refractivity contribution >= 4 is 19.7 Å². The fourth-order valence-electron chi connectivity index (χ4n) is 3.66. The molecule has 1 aromatic carbocycles. The first-order valence-corrected chi connectivity index (χ1v) is 13.0. The van der Waals surface area contributed by atoms with E-state index in [4.69, 9.17) is 4.74 Å². The summed E-state index contributed by atoms with van der Waals surface area (Å²) >= 11 is 0. The number of rotatable bonds is 4. The second-order valence-electron chi connectivity index (χ2n) is 8.17. The predicted molar refractivity (Wildman–Crippen MR) is 107 cm³/mol. The van der Waals surface area contributed by atoms with Gasteiger partial charge in [0.25, 0.3) is 0 Å². The topological polar surface area (TPSA) is 90.4 Å². The Morgan fingerprint density at radius 2 is 1.62 bits per heavy atom. The van der Waals surface area contributed by atoms with Gasteiger partial charge in [0.1, 0.15) is 6.10 Å². The highest BCUT2D eigenvalue weighted by molar-refractivity contribution is 7.92. The Kier molecular flexibility index (Phi) is 6.59. The summed E-state index contributed by atoms with van der Waals surface area (Å²) in [6.07, 6.45) is -10.5. The van der Waals surface area contributed by atoms with E-state index in [0.717, 1.165) is 18.2 Å². The van der Waals surface area contributed by atoms with E-state index in [1.165, 1.54) is 6.92 Å². The number of hydrogen-bond donors (Lipinski definition) is 0. The van der Waals surface area contributed by atoms with E-state index < -0.39 is 75.9 Å². The molecule has 2 heterocycles. The summed E-state index contributed by atoms with van der Waals surface area (Å²) in [6, 6.07) is 3.59. The van der Waals surface area contributed by atoms with Crippen molar-refractivity contribution in [3.8, 4) is 0 Å². The monoisotopic (exact) mass is 531 g/mol. The fraction of sp³-hybridized carbons (Fsp3) is 0.450. The smallest absolute Gasteiger partial charge is 0.372 e. The van der Waals surface area contributed by atoms with Gasteiger partial charge in [0, 0.05) is 19.1 Å². The van der Waals surface area contributed by atoms with Crippen LogP contribution in [0, 0.1) is 0 Å². The fourth-order valence-corrected chi connectivity index (χ4v) is 6.40. The van der Waals surface area contributed by atoms with Crippen molar-refractivity contribution in [1.82, 2.24) is 4.98 Å². The number of hydrogen-bond acceptors (Lipinski definition) is 6. The molecule has 2 aromatic rings. The molecule has 0 N–H and O–H groups in total. The van der Waals surface area contributed by atoms with Crippen LogP contribution in [0.2, 0.25) is 0 Å². The number of pyridine rings is 1. The van der Waals surface area contributed by atoms with Crippen molar-refractivity contribution < 1.29 is 47.9 Å². The summed E-state index contributed by atoms with van der Waals surface area (Å²) in [5.41, 5.74) is -2.88. The molecule has 0 bridgehead atoms. The average Bonchev–Trinajstić information content (AvgIpc) is 2.71. The maximum absolute atomic E-state index is 13.3. The molecular formula is C20H19F6NO5S2. The van der Waals surface area contributed by atoms with Crippen LogP contribution in [-0.4, -0.2) is 39.4 Å². The molecule has 14 heteroatoms. The summed E-state index contributed by atoms with van der Waals surface area (Å²) in [4.78, 5) is 2.28. The van der Waals surface area contributed by atoms with Crippen molar-refractivity contribution in [2.45, 2.75) is 52.8 Å². The predicted octanol–water partition coefficient (Wildman–Crippen LogP) is 4.61. The number of alkyl halides is 6. The second-order valence-corrected chi connectivity index (χ2v) is 12.6. The molecule has 1 saturated heterocycles. The van der Waals surface area contributed by atoms with Gasteiger partial charge in [0.15, 0.2) is 19.7 Å². The van der Waals surface area contributed by atoms with Crippen LogP contribution >= 0.6 is 0 Å². The number of ether oxygens (including phenoxy) is 1. The van der Waals surface area contributed by atoms with Gasteiger partial charge in [0.05, 0.1) is 31.4 Å². The molecule has 0 aliphatic carbocycles. The molecule has 1 fully saturated rings. The third-order valence-electron chi connectivity index (χ3n) is 5.60. The molecule has 0 spiro atoms. The molecule has 0 amide bonds. The highest BCUT2D eigenvalue weighted by Gasteiger charge is 2.47. The van der Waals surface area contributed by atoms with Gasteiger partial charge < -0.3 is 4.74 Å². The molecule has 2 unspecified atom stereocenters. The van der Waals surface area contributed by atoms with E-state index in [1.54, 1.807) is 0 Å². The summed E-state index contributed by atoms with van der Waals surface area (Å²) in [5.74, 6) is 0. The summed E-state index contributed by atoms with van der Waals surface area (Å²) < 4.78 is 133. The zero-order valence-electron chi connectivity index (χ0n) is 17.7. The average molecular weight is 531 g/mol. The lowest BCUT2D eigenvalue weighted by molar-refractivity contribution is -0.138. The Labute approximate surface area is 191 Å². The molecule has 1 aromatic heterocycles. The normalized spacial score (nSPS) is 22.5. The van der Waals surface area contributed by atoms with Crippen LogP contribution in [0.4, 0.5) is 26.3 Å². The van der Waals surface area contributed by atoms with Gasteiger partial charge in [-0.15, -0.1) is 0 Å². The lowest BCUT2D eigenvalue weighted by Crippen LogP contribution is -2.42. The number of halogens is 6. The largest absolute Gasteiger partial charge is 0.417 e. The second kappa shape index (κ2) is 8.48. The molecule has 34 heavy (non-hydrogen) atoms. The van der Waals surface area contributed by atoms with E-state index in [1.807, 2.05) is 0 Å². The van der Waals surface area contributed by atoms with Crippen molar-refractivity contribution in [2.75, 3.05) is 12.9 Å².